The molecule has 7 aromatic carbocycles. The molecule has 0 bridgehead atoms. The smallest absolute Gasteiger partial charge is 0.113 e. The molecule has 2 aliphatic heterocycles. The van der Waals surface area contributed by atoms with E-state index < -0.39 is 16.1 Å². The molecule has 1 nitrogen and oxygen atoms in total. The molecular weight excluding hydrogens is 683 g/mol. The summed E-state index contributed by atoms with van der Waals surface area (Å²) in [5, 5.41) is 8.51. The second kappa shape index (κ2) is 13.0. The van der Waals surface area contributed by atoms with Crippen LogP contribution in [0.5, 0.6) is 0 Å². The lowest BCUT2D eigenvalue weighted by Crippen LogP contribution is -2.49. The van der Waals surface area contributed by atoms with E-state index >= 15 is 0 Å². The van der Waals surface area contributed by atoms with Crippen LogP contribution in [0.3, 0.4) is 0 Å². The summed E-state index contributed by atoms with van der Waals surface area (Å²) in [6.07, 6.45) is 4.44. The first kappa shape index (κ1) is 34.0. The van der Waals surface area contributed by atoms with Crippen molar-refractivity contribution in [3.63, 3.8) is 0 Å². The summed E-state index contributed by atoms with van der Waals surface area (Å²) >= 11 is 0. The van der Waals surface area contributed by atoms with Gasteiger partial charge in [0.25, 0.3) is 0 Å². The minimum absolute atomic E-state index is 1.11. The van der Waals surface area contributed by atoms with Crippen LogP contribution in [0.2, 0.25) is 26.2 Å². The molecule has 54 heavy (non-hydrogen) atoms. The molecule has 0 atom stereocenters. The Bertz CT molecular complexity index is 2690. The summed E-state index contributed by atoms with van der Waals surface area (Å²) in [4.78, 5) is 2.44. The second-order valence-corrected chi connectivity index (χ2v) is 24.4. The van der Waals surface area contributed by atoms with Gasteiger partial charge in [-0.3, -0.25) is 0 Å². The molecule has 0 saturated heterocycles. The zero-order valence-corrected chi connectivity index (χ0v) is 33.8. The highest BCUT2D eigenvalue weighted by molar-refractivity contribution is 7.04. The van der Waals surface area contributed by atoms with Gasteiger partial charge in [0.15, 0.2) is 0 Å². The van der Waals surface area contributed by atoms with Crippen LogP contribution in [-0.4, -0.2) is 16.1 Å². The van der Waals surface area contributed by atoms with Crippen LogP contribution >= 0.6 is 0 Å². The molecule has 0 N–H and O–H groups in total. The Morgan fingerprint density at radius 2 is 1.11 bits per heavy atom. The number of anilines is 2. The van der Waals surface area contributed by atoms with Crippen molar-refractivity contribution in [2.75, 3.05) is 4.90 Å². The fourth-order valence-electron chi connectivity index (χ4n) is 9.34. The van der Waals surface area contributed by atoms with Gasteiger partial charge in [0.05, 0.1) is 5.70 Å². The zero-order chi connectivity index (χ0) is 37.2. The van der Waals surface area contributed by atoms with Gasteiger partial charge in [-0.2, -0.15) is 0 Å². The molecule has 0 saturated carbocycles. The van der Waals surface area contributed by atoms with Gasteiger partial charge in [-0.1, -0.05) is 172 Å². The molecule has 0 radical (unpaired) electrons. The van der Waals surface area contributed by atoms with E-state index in [0.29, 0.717) is 0 Å². The van der Waals surface area contributed by atoms with E-state index in [4.69, 9.17) is 0 Å². The van der Waals surface area contributed by atoms with Gasteiger partial charge in [-0.05, 0) is 108 Å². The number of hydrogen-bond acceptors (Lipinski definition) is 1. The molecule has 0 aromatic heterocycles. The van der Waals surface area contributed by atoms with Gasteiger partial charge < -0.3 is 4.90 Å². The molecule has 3 heteroatoms. The van der Waals surface area contributed by atoms with Crippen LogP contribution in [0.15, 0.2) is 187 Å². The molecule has 9 rings (SSSR count). The first-order chi connectivity index (χ1) is 26.2. The molecule has 2 heterocycles. The number of nitrogens with zero attached hydrogens (tertiary/aromatic N) is 1. The SMILES string of the molecule is C=C/C(=C1\C(=C/C)[Si](C)(C)c2ccccc21)N(c1ccc(-c2ccc3c(c2)[Si](C)(C)c2ccccc2-3)cc1)c1cccc(-c2cccc3ccccc23)c1. The first-order valence-electron chi connectivity index (χ1n) is 19.1. The van der Waals surface area contributed by atoms with Crippen LogP contribution in [0.25, 0.3) is 49.7 Å². The molecule has 0 spiro atoms. The van der Waals surface area contributed by atoms with E-state index in [9.17, 15) is 0 Å². The maximum Gasteiger partial charge on any atom is 0.113 e. The fraction of sp³-hybridized carbons (Fsp3) is 0.0980. The quantitative estimate of drug-likeness (QED) is 0.154. The average molecular weight is 728 g/mol. The van der Waals surface area contributed by atoms with Crippen molar-refractivity contribution in [2.45, 2.75) is 33.1 Å². The third kappa shape index (κ3) is 5.26. The van der Waals surface area contributed by atoms with Crippen LogP contribution in [0.1, 0.15) is 12.5 Å². The molecule has 0 aliphatic carbocycles. The van der Waals surface area contributed by atoms with E-state index in [0.717, 1.165) is 17.1 Å². The highest BCUT2D eigenvalue weighted by Crippen LogP contribution is 2.45. The Kier molecular flexibility index (Phi) is 8.18. The predicted octanol–water partition coefficient (Wildman–Crippen LogP) is 12.1. The van der Waals surface area contributed by atoms with E-state index in [-0.39, 0.29) is 0 Å². The topological polar surface area (TPSA) is 3.24 Å². The van der Waals surface area contributed by atoms with E-state index in [1.54, 1.807) is 5.19 Å². The monoisotopic (exact) mass is 727 g/mol. The molecule has 7 aromatic rings. The minimum atomic E-state index is -1.94. The van der Waals surface area contributed by atoms with Crippen molar-refractivity contribution < 1.29 is 0 Å². The Morgan fingerprint density at radius 1 is 0.500 bits per heavy atom. The Hall–Kier alpha value is -5.75. The minimum Gasteiger partial charge on any atom is -0.310 e. The molecule has 2 aliphatic rings. The van der Waals surface area contributed by atoms with Crippen LogP contribution < -0.4 is 20.5 Å². The van der Waals surface area contributed by atoms with Crippen molar-refractivity contribution in [3.05, 3.63) is 193 Å². The van der Waals surface area contributed by atoms with E-state index in [2.05, 4.69) is 214 Å². The molecule has 0 amide bonds. The second-order valence-electron chi connectivity index (χ2n) is 15.7. The maximum atomic E-state index is 4.51. The first-order valence-corrected chi connectivity index (χ1v) is 25.1. The maximum absolute atomic E-state index is 4.51. The van der Waals surface area contributed by atoms with Crippen LogP contribution in [0.4, 0.5) is 11.4 Å². The largest absolute Gasteiger partial charge is 0.310 e. The van der Waals surface area contributed by atoms with Crippen molar-refractivity contribution in [3.8, 4) is 33.4 Å². The highest BCUT2D eigenvalue weighted by atomic mass is 28.3. The number of fused-ring (bicyclic) bond motifs is 5. The molecule has 262 valence electrons. The van der Waals surface area contributed by atoms with Crippen molar-refractivity contribution in [2.24, 2.45) is 0 Å². The average Bonchev–Trinajstić information content (AvgIpc) is 3.58. The van der Waals surface area contributed by atoms with Crippen LogP contribution in [-0.2, 0) is 0 Å². The van der Waals surface area contributed by atoms with Gasteiger partial charge in [-0.25, -0.2) is 0 Å². The normalized spacial score (nSPS) is 16.5. The lowest BCUT2D eigenvalue weighted by molar-refractivity contribution is 1.21. The van der Waals surface area contributed by atoms with Gasteiger partial charge in [0.1, 0.15) is 16.1 Å². The van der Waals surface area contributed by atoms with Crippen molar-refractivity contribution in [1.82, 2.24) is 0 Å². The van der Waals surface area contributed by atoms with Gasteiger partial charge >= 0.3 is 0 Å². The molecular formula is C51H45NSi2. The molecule has 0 unspecified atom stereocenters. The summed E-state index contributed by atoms with van der Waals surface area (Å²) in [5.41, 5.74) is 13.7. The van der Waals surface area contributed by atoms with Crippen LogP contribution in [0, 0.1) is 0 Å². The summed E-state index contributed by atoms with van der Waals surface area (Å²) < 4.78 is 0. The third-order valence-electron chi connectivity index (χ3n) is 12.0. The lowest BCUT2D eigenvalue weighted by atomic mass is 9.97. The summed E-state index contributed by atoms with van der Waals surface area (Å²) in [6.45, 7) is 16.7. The lowest BCUT2D eigenvalue weighted by Gasteiger charge is -2.30. The molecule has 0 fully saturated rings. The number of rotatable bonds is 6. The van der Waals surface area contributed by atoms with E-state index in [1.165, 1.54) is 70.9 Å². The highest BCUT2D eigenvalue weighted by Gasteiger charge is 2.41. The van der Waals surface area contributed by atoms with Gasteiger partial charge in [-0.15, -0.1) is 0 Å². The summed E-state index contributed by atoms with van der Waals surface area (Å²) in [7, 11) is -3.72. The van der Waals surface area contributed by atoms with Gasteiger partial charge in [0, 0.05) is 16.9 Å². The van der Waals surface area contributed by atoms with Gasteiger partial charge in [0.2, 0.25) is 0 Å². The summed E-state index contributed by atoms with van der Waals surface area (Å²) in [6, 6.07) is 58.7. The van der Waals surface area contributed by atoms with Crippen molar-refractivity contribution in [1.29, 1.82) is 0 Å². The van der Waals surface area contributed by atoms with Crippen molar-refractivity contribution >= 4 is 59.4 Å². The number of hydrogen-bond donors (Lipinski definition) is 0. The zero-order valence-electron chi connectivity index (χ0n) is 31.8. The standard InChI is InChI=1S/C51H45NSi2/c1-7-46(51-45-23-12-14-26-49(45)53(3,4)47(51)8-2)52(40-20-15-19-38(33-40)42-24-16-18-36-17-9-10-21-41(36)42)39-30-27-35(28-31-39)37-29-32-44-43-22-11-13-25-48(43)54(5,6)50(44)34-37/h7-34H,1H2,2-6H3/b47-8+,51-46+. The Labute approximate surface area is 322 Å². The van der Waals surface area contributed by atoms with E-state index in [1.807, 2.05) is 0 Å². The third-order valence-corrected chi connectivity index (χ3v) is 19.2. The number of benzene rings is 7. The number of allylic oxidation sites excluding steroid dienone is 4. The Morgan fingerprint density at radius 3 is 1.87 bits per heavy atom. The summed E-state index contributed by atoms with van der Waals surface area (Å²) in [5.74, 6) is 0. The Balaban J connectivity index is 1.21. The fourth-order valence-corrected chi connectivity index (χ4v) is 15.7. The predicted molar refractivity (Wildman–Crippen MR) is 240 cm³/mol.